The van der Waals surface area contributed by atoms with E-state index in [-0.39, 0.29) is 10.9 Å². The Kier molecular flexibility index (Phi) is 2.41. The second kappa shape index (κ2) is 3.48. The molecule has 0 radical (unpaired) electrons. The van der Waals surface area contributed by atoms with Gasteiger partial charge in [-0.2, -0.15) is 0 Å². The van der Waals surface area contributed by atoms with E-state index in [2.05, 4.69) is 10.3 Å². The fourth-order valence-electron chi connectivity index (χ4n) is 1.62. The lowest BCUT2D eigenvalue weighted by atomic mass is 10.1. The molecule has 0 fully saturated rings. The van der Waals surface area contributed by atoms with Crippen LogP contribution in [0.15, 0.2) is 23.1 Å². The van der Waals surface area contributed by atoms with Crippen LogP contribution in [0.2, 0.25) is 0 Å². The van der Waals surface area contributed by atoms with Crippen LogP contribution in [0.3, 0.4) is 0 Å². The summed E-state index contributed by atoms with van der Waals surface area (Å²) in [6, 6.07) is 5.11. The van der Waals surface area contributed by atoms with Crippen LogP contribution in [0.5, 0.6) is 5.75 Å². The van der Waals surface area contributed by atoms with Crippen molar-refractivity contribution in [3.05, 3.63) is 23.8 Å². The molecule has 0 saturated heterocycles. The third-order valence-electron chi connectivity index (χ3n) is 2.37. The minimum absolute atomic E-state index is 0.0707. The zero-order valence-electron chi connectivity index (χ0n) is 8.44. The summed E-state index contributed by atoms with van der Waals surface area (Å²) >= 11 is 0. The van der Waals surface area contributed by atoms with Gasteiger partial charge in [-0.3, -0.25) is 0 Å². The standard InChI is InChI=1S/C9H12N2O3S/c1-6-7-4-3-5-8(14-2)9(7)15(12,13)11-10-6/h3-6,10-11H,1-2H3. The molecule has 2 rings (SSSR count). The maximum Gasteiger partial charge on any atom is 0.257 e. The number of ether oxygens (including phenoxy) is 1. The number of methoxy groups -OCH3 is 1. The van der Waals surface area contributed by atoms with E-state index < -0.39 is 10.0 Å². The highest BCUT2D eigenvalue weighted by molar-refractivity contribution is 7.89. The van der Waals surface area contributed by atoms with Crippen molar-refractivity contribution in [2.75, 3.05) is 7.11 Å². The summed E-state index contributed by atoms with van der Waals surface area (Å²) in [5.41, 5.74) is 3.40. The quantitative estimate of drug-likeness (QED) is 0.736. The van der Waals surface area contributed by atoms with Gasteiger partial charge in [0.25, 0.3) is 10.0 Å². The number of rotatable bonds is 1. The van der Waals surface area contributed by atoms with Crippen molar-refractivity contribution in [1.82, 2.24) is 10.3 Å². The molecule has 1 aliphatic heterocycles. The molecule has 1 aliphatic rings. The molecule has 0 amide bonds. The minimum Gasteiger partial charge on any atom is -0.495 e. The maximum atomic E-state index is 11.7. The van der Waals surface area contributed by atoms with Crippen molar-refractivity contribution >= 4 is 10.0 Å². The molecule has 2 N–H and O–H groups in total. The molecule has 15 heavy (non-hydrogen) atoms. The Labute approximate surface area is 88.5 Å². The van der Waals surface area contributed by atoms with Crippen LogP contribution in [0.25, 0.3) is 0 Å². The van der Waals surface area contributed by atoms with Gasteiger partial charge in [-0.15, -0.1) is 4.83 Å². The zero-order valence-corrected chi connectivity index (χ0v) is 9.26. The molecule has 1 atom stereocenters. The third-order valence-corrected chi connectivity index (χ3v) is 3.74. The fourth-order valence-corrected chi connectivity index (χ4v) is 3.02. The van der Waals surface area contributed by atoms with Gasteiger partial charge in [-0.25, -0.2) is 13.8 Å². The van der Waals surface area contributed by atoms with Crippen molar-refractivity contribution in [3.8, 4) is 5.75 Å². The van der Waals surface area contributed by atoms with Crippen LogP contribution >= 0.6 is 0 Å². The number of fused-ring (bicyclic) bond motifs is 1. The summed E-state index contributed by atoms with van der Waals surface area (Å²) in [4.78, 5) is 2.50. The van der Waals surface area contributed by atoms with Crippen molar-refractivity contribution in [3.63, 3.8) is 0 Å². The molecule has 1 unspecified atom stereocenters. The molecule has 82 valence electrons. The topological polar surface area (TPSA) is 67.4 Å². The molecule has 0 aromatic heterocycles. The summed E-state index contributed by atoms with van der Waals surface area (Å²) in [5.74, 6) is 0.369. The molecule has 0 bridgehead atoms. The Bertz CT molecular complexity index is 484. The predicted molar refractivity (Wildman–Crippen MR) is 54.9 cm³/mol. The highest BCUT2D eigenvalue weighted by Crippen LogP contribution is 2.32. The molecule has 1 heterocycles. The molecule has 1 aromatic rings. The van der Waals surface area contributed by atoms with Gasteiger partial charge in [-0.05, 0) is 18.6 Å². The SMILES string of the molecule is COc1cccc2c1S(=O)(=O)NNC2C. The number of benzene rings is 1. The molecule has 0 aliphatic carbocycles. The Morgan fingerprint density at radius 3 is 2.80 bits per heavy atom. The molecule has 1 aromatic carbocycles. The van der Waals surface area contributed by atoms with Crippen molar-refractivity contribution in [2.24, 2.45) is 0 Å². The van der Waals surface area contributed by atoms with Gasteiger partial charge in [0, 0.05) is 6.04 Å². The summed E-state index contributed by atoms with van der Waals surface area (Å²) in [5, 5.41) is 0. The zero-order chi connectivity index (χ0) is 11.1. The van der Waals surface area contributed by atoms with Crippen LogP contribution in [-0.4, -0.2) is 15.5 Å². The number of sulfonamides is 1. The fraction of sp³-hybridized carbons (Fsp3) is 0.333. The lowest BCUT2D eigenvalue weighted by Crippen LogP contribution is -2.44. The number of nitrogens with one attached hydrogen (secondary N) is 2. The smallest absolute Gasteiger partial charge is 0.257 e. The molecular weight excluding hydrogens is 216 g/mol. The first kappa shape index (κ1) is 10.4. The second-order valence-corrected chi connectivity index (χ2v) is 4.97. The summed E-state index contributed by atoms with van der Waals surface area (Å²) in [7, 11) is -2.05. The molecular formula is C9H12N2O3S. The predicted octanol–water partition coefficient (Wildman–Crippen LogP) is 0.553. The van der Waals surface area contributed by atoms with Gasteiger partial charge < -0.3 is 4.74 Å². The first-order valence-corrected chi connectivity index (χ1v) is 5.99. The average Bonchev–Trinajstić information content (AvgIpc) is 2.23. The highest BCUT2D eigenvalue weighted by atomic mass is 32.2. The third kappa shape index (κ3) is 1.60. The summed E-state index contributed by atoms with van der Waals surface area (Å²) < 4.78 is 28.5. The number of hydrogen-bond acceptors (Lipinski definition) is 4. The van der Waals surface area contributed by atoms with E-state index in [9.17, 15) is 8.42 Å². The van der Waals surface area contributed by atoms with Crippen molar-refractivity contribution in [2.45, 2.75) is 17.9 Å². The maximum absolute atomic E-state index is 11.7. The van der Waals surface area contributed by atoms with Crippen LogP contribution in [0.1, 0.15) is 18.5 Å². The summed E-state index contributed by atoms with van der Waals surface area (Å²) in [6.07, 6.45) is 0. The van der Waals surface area contributed by atoms with Crippen LogP contribution in [0, 0.1) is 0 Å². The Hall–Kier alpha value is -1.11. The van der Waals surface area contributed by atoms with Gasteiger partial charge >= 0.3 is 0 Å². The van der Waals surface area contributed by atoms with E-state index in [1.807, 2.05) is 6.92 Å². The number of hydrazine groups is 1. The monoisotopic (exact) mass is 228 g/mol. The Balaban J connectivity index is 2.74. The molecule has 5 nitrogen and oxygen atoms in total. The second-order valence-electron chi connectivity index (χ2n) is 3.35. The van der Waals surface area contributed by atoms with Crippen LogP contribution in [-0.2, 0) is 10.0 Å². The summed E-state index contributed by atoms with van der Waals surface area (Å²) in [6.45, 7) is 1.87. The Morgan fingerprint density at radius 2 is 2.13 bits per heavy atom. The lowest BCUT2D eigenvalue weighted by molar-refractivity contribution is 0.393. The Morgan fingerprint density at radius 1 is 1.40 bits per heavy atom. The minimum atomic E-state index is -3.50. The van der Waals surface area contributed by atoms with E-state index in [4.69, 9.17) is 4.74 Å². The van der Waals surface area contributed by atoms with Gasteiger partial charge in [0.1, 0.15) is 10.6 Å². The van der Waals surface area contributed by atoms with E-state index >= 15 is 0 Å². The molecule has 0 spiro atoms. The first-order chi connectivity index (χ1) is 7.06. The highest BCUT2D eigenvalue weighted by Gasteiger charge is 2.30. The largest absolute Gasteiger partial charge is 0.495 e. The van der Waals surface area contributed by atoms with Gasteiger partial charge in [0.05, 0.1) is 7.11 Å². The van der Waals surface area contributed by atoms with Crippen molar-refractivity contribution in [1.29, 1.82) is 0 Å². The van der Waals surface area contributed by atoms with E-state index in [1.54, 1.807) is 18.2 Å². The van der Waals surface area contributed by atoms with E-state index in [0.717, 1.165) is 0 Å². The van der Waals surface area contributed by atoms with Gasteiger partial charge in [0.2, 0.25) is 0 Å². The van der Waals surface area contributed by atoms with Crippen LogP contribution < -0.4 is 15.0 Å². The molecule has 6 heteroatoms. The van der Waals surface area contributed by atoms with Gasteiger partial charge in [0.15, 0.2) is 0 Å². The normalized spacial score (nSPS) is 23.2. The van der Waals surface area contributed by atoms with E-state index in [1.165, 1.54) is 7.11 Å². The molecule has 0 saturated carbocycles. The van der Waals surface area contributed by atoms with Gasteiger partial charge in [-0.1, -0.05) is 12.1 Å². The van der Waals surface area contributed by atoms with Crippen molar-refractivity contribution < 1.29 is 13.2 Å². The van der Waals surface area contributed by atoms with E-state index in [0.29, 0.717) is 11.3 Å². The first-order valence-electron chi connectivity index (χ1n) is 4.50. The average molecular weight is 228 g/mol. The lowest BCUT2D eigenvalue weighted by Gasteiger charge is -2.25. The number of hydrogen-bond donors (Lipinski definition) is 2. The van der Waals surface area contributed by atoms with Crippen LogP contribution in [0.4, 0.5) is 0 Å².